The van der Waals surface area contributed by atoms with Gasteiger partial charge in [-0.2, -0.15) is 13.2 Å². The molecule has 0 amide bonds. The normalized spacial score (nSPS) is 29.0. The molecule has 0 saturated carbocycles. The second kappa shape index (κ2) is 7.11. The highest BCUT2D eigenvalue weighted by molar-refractivity contribution is 5.08. The lowest BCUT2D eigenvalue weighted by Crippen LogP contribution is -2.51. The molecule has 1 aliphatic heterocycles. The molecule has 23 heavy (non-hydrogen) atoms. The van der Waals surface area contributed by atoms with E-state index >= 15 is 0 Å². The van der Waals surface area contributed by atoms with Crippen LogP contribution in [0.15, 0.2) is 12.4 Å². The van der Waals surface area contributed by atoms with Crippen LogP contribution in [0.2, 0.25) is 0 Å². The van der Waals surface area contributed by atoms with E-state index in [4.69, 9.17) is 4.74 Å². The maximum absolute atomic E-state index is 12.6. The van der Waals surface area contributed by atoms with Crippen LogP contribution in [0.25, 0.3) is 0 Å². The third-order valence-corrected chi connectivity index (χ3v) is 3.89. The lowest BCUT2D eigenvalue weighted by atomic mass is 9.86. The number of hydrogen-bond acceptors (Lipinski definition) is 5. The fourth-order valence-electron chi connectivity index (χ4n) is 2.70. The van der Waals surface area contributed by atoms with E-state index in [-0.39, 0.29) is 18.7 Å². The van der Waals surface area contributed by atoms with E-state index in [0.29, 0.717) is 18.5 Å². The second-order valence-electron chi connectivity index (χ2n) is 6.34. The van der Waals surface area contributed by atoms with Gasteiger partial charge >= 0.3 is 6.18 Å². The summed E-state index contributed by atoms with van der Waals surface area (Å²) < 4.78 is 43.5. The largest absolute Gasteiger partial charge is 0.434 e. The van der Waals surface area contributed by atoms with Crippen LogP contribution < -0.4 is 0 Å². The summed E-state index contributed by atoms with van der Waals surface area (Å²) in [7, 11) is 0. The molecule has 0 unspecified atom stereocenters. The maximum atomic E-state index is 12.6. The molecule has 0 spiro atoms. The first-order chi connectivity index (χ1) is 10.7. The van der Waals surface area contributed by atoms with Gasteiger partial charge in [0.05, 0.1) is 30.7 Å². The number of halogens is 3. The Morgan fingerprint density at radius 2 is 1.96 bits per heavy atom. The van der Waals surface area contributed by atoms with Gasteiger partial charge in [0, 0.05) is 12.1 Å². The average molecular weight is 334 g/mol. The zero-order valence-electron chi connectivity index (χ0n) is 13.0. The summed E-state index contributed by atoms with van der Waals surface area (Å²) in [5, 5.41) is 20.3. The minimum absolute atomic E-state index is 0.0591. The summed E-state index contributed by atoms with van der Waals surface area (Å²) in [6.07, 6.45) is -4.60. The SMILES string of the molecule is CC(C)C[C@H]1OC[C@H](Cc2cncc(C(F)(F)F)n2)[C@@H](O)[C@H]1O. The van der Waals surface area contributed by atoms with Crippen molar-refractivity contribution in [2.45, 2.75) is 51.2 Å². The van der Waals surface area contributed by atoms with Crippen LogP contribution in [0, 0.1) is 11.8 Å². The van der Waals surface area contributed by atoms with Gasteiger partial charge in [0.15, 0.2) is 5.69 Å². The summed E-state index contributed by atoms with van der Waals surface area (Å²) in [6.45, 7) is 4.12. The molecule has 5 nitrogen and oxygen atoms in total. The van der Waals surface area contributed by atoms with E-state index in [1.165, 1.54) is 6.20 Å². The predicted octanol–water partition coefficient (Wildman–Crippen LogP) is 1.82. The summed E-state index contributed by atoms with van der Waals surface area (Å²) in [4.78, 5) is 7.08. The van der Waals surface area contributed by atoms with Gasteiger partial charge in [0.25, 0.3) is 0 Å². The van der Waals surface area contributed by atoms with E-state index in [1.54, 1.807) is 0 Å². The Balaban J connectivity index is 2.04. The van der Waals surface area contributed by atoms with Gasteiger partial charge in [0.1, 0.15) is 6.10 Å². The Bertz CT molecular complexity index is 525. The van der Waals surface area contributed by atoms with Crippen LogP contribution in [-0.2, 0) is 17.3 Å². The van der Waals surface area contributed by atoms with Crippen molar-refractivity contribution in [2.75, 3.05) is 6.61 Å². The highest BCUT2D eigenvalue weighted by Crippen LogP contribution is 2.29. The van der Waals surface area contributed by atoms with E-state index in [1.807, 2.05) is 13.8 Å². The number of aliphatic hydroxyl groups is 2. The monoisotopic (exact) mass is 334 g/mol. The fourth-order valence-corrected chi connectivity index (χ4v) is 2.70. The van der Waals surface area contributed by atoms with E-state index in [0.717, 1.165) is 0 Å². The van der Waals surface area contributed by atoms with Crippen molar-refractivity contribution >= 4 is 0 Å². The number of rotatable bonds is 4. The molecule has 1 saturated heterocycles. The summed E-state index contributed by atoms with van der Waals surface area (Å²) in [6, 6.07) is 0. The zero-order chi connectivity index (χ0) is 17.2. The molecule has 2 heterocycles. The quantitative estimate of drug-likeness (QED) is 0.878. The first-order valence-electron chi connectivity index (χ1n) is 7.54. The molecule has 0 bridgehead atoms. The summed E-state index contributed by atoms with van der Waals surface area (Å²) in [5.41, 5.74) is -0.957. The molecular formula is C15H21F3N2O3. The highest BCUT2D eigenvalue weighted by Gasteiger charge is 2.39. The molecular weight excluding hydrogens is 313 g/mol. The van der Waals surface area contributed by atoms with E-state index < -0.39 is 36.1 Å². The molecule has 4 atom stereocenters. The lowest BCUT2D eigenvalue weighted by Gasteiger charge is -2.38. The van der Waals surface area contributed by atoms with Crippen molar-refractivity contribution in [3.8, 4) is 0 Å². The standard InChI is InChI=1S/C15H21F3N2O3/c1-8(2)3-11-14(22)13(21)9(7-23-11)4-10-5-19-6-12(20-10)15(16,17)18/h5-6,8-9,11,13-14,21-22H,3-4,7H2,1-2H3/t9-,11+,13+,14-/m0/s1. The van der Waals surface area contributed by atoms with Gasteiger partial charge in [-0.25, -0.2) is 4.98 Å². The van der Waals surface area contributed by atoms with Gasteiger partial charge in [-0.15, -0.1) is 0 Å². The topological polar surface area (TPSA) is 75.5 Å². The zero-order valence-corrected chi connectivity index (χ0v) is 13.0. The molecule has 0 aromatic carbocycles. The predicted molar refractivity (Wildman–Crippen MR) is 75.4 cm³/mol. The molecule has 1 aromatic rings. The summed E-state index contributed by atoms with van der Waals surface area (Å²) >= 11 is 0. The third kappa shape index (κ3) is 4.62. The van der Waals surface area contributed by atoms with E-state index in [9.17, 15) is 23.4 Å². The number of ether oxygens (including phenoxy) is 1. The third-order valence-electron chi connectivity index (χ3n) is 3.89. The Kier molecular flexibility index (Phi) is 5.59. The highest BCUT2D eigenvalue weighted by atomic mass is 19.4. The van der Waals surface area contributed by atoms with Crippen LogP contribution in [0.3, 0.4) is 0 Å². The second-order valence-corrected chi connectivity index (χ2v) is 6.34. The number of aliphatic hydroxyl groups excluding tert-OH is 2. The van der Waals surface area contributed by atoms with Crippen molar-refractivity contribution in [3.05, 3.63) is 23.8 Å². The molecule has 8 heteroatoms. The van der Waals surface area contributed by atoms with Crippen LogP contribution in [-0.4, -0.2) is 45.1 Å². The van der Waals surface area contributed by atoms with Crippen molar-refractivity contribution in [2.24, 2.45) is 11.8 Å². The average Bonchev–Trinajstić information content (AvgIpc) is 2.46. The van der Waals surface area contributed by atoms with Gasteiger partial charge in [-0.3, -0.25) is 4.98 Å². The Hall–Kier alpha value is -1.25. The minimum atomic E-state index is -4.56. The molecule has 1 fully saturated rings. The van der Waals surface area contributed by atoms with Crippen molar-refractivity contribution in [1.82, 2.24) is 9.97 Å². The smallest absolute Gasteiger partial charge is 0.390 e. The summed E-state index contributed by atoms with van der Waals surface area (Å²) in [5.74, 6) is -0.223. The molecule has 2 rings (SSSR count). The van der Waals surface area contributed by atoms with Gasteiger partial charge in [-0.05, 0) is 18.8 Å². The molecule has 1 aliphatic rings. The van der Waals surface area contributed by atoms with E-state index in [2.05, 4.69) is 9.97 Å². The molecule has 1 aromatic heterocycles. The van der Waals surface area contributed by atoms with Crippen molar-refractivity contribution in [3.63, 3.8) is 0 Å². The first-order valence-corrected chi connectivity index (χ1v) is 7.54. The molecule has 130 valence electrons. The Morgan fingerprint density at radius 3 is 2.57 bits per heavy atom. The minimum Gasteiger partial charge on any atom is -0.390 e. The number of hydrogen-bond donors (Lipinski definition) is 2. The fraction of sp³-hybridized carbons (Fsp3) is 0.733. The van der Waals surface area contributed by atoms with Crippen molar-refractivity contribution < 1.29 is 28.1 Å². The van der Waals surface area contributed by atoms with Gasteiger partial charge < -0.3 is 14.9 Å². The molecule has 2 N–H and O–H groups in total. The van der Waals surface area contributed by atoms with Gasteiger partial charge in [0.2, 0.25) is 0 Å². The van der Waals surface area contributed by atoms with Gasteiger partial charge in [-0.1, -0.05) is 13.8 Å². The maximum Gasteiger partial charge on any atom is 0.434 e. The van der Waals surface area contributed by atoms with Crippen LogP contribution in [0.4, 0.5) is 13.2 Å². The number of aromatic nitrogens is 2. The Labute approximate surface area is 132 Å². The number of alkyl halides is 3. The van der Waals surface area contributed by atoms with Crippen LogP contribution in [0.1, 0.15) is 31.7 Å². The van der Waals surface area contributed by atoms with Crippen LogP contribution >= 0.6 is 0 Å². The van der Waals surface area contributed by atoms with Crippen molar-refractivity contribution in [1.29, 1.82) is 0 Å². The molecule has 0 radical (unpaired) electrons. The first kappa shape index (κ1) is 18.1. The number of nitrogens with zero attached hydrogens (tertiary/aromatic N) is 2. The Morgan fingerprint density at radius 1 is 1.26 bits per heavy atom. The van der Waals surface area contributed by atoms with Crippen LogP contribution in [0.5, 0.6) is 0 Å². The lowest BCUT2D eigenvalue weighted by molar-refractivity contribution is -0.168. The molecule has 0 aliphatic carbocycles.